The summed E-state index contributed by atoms with van der Waals surface area (Å²) >= 11 is 0. The number of aromatic nitrogens is 1. The van der Waals surface area contributed by atoms with Gasteiger partial charge in [0.25, 0.3) is 0 Å². The van der Waals surface area contributed by atoms with E-state index in [0.29, 0.717) is 24.0 Å². The zero-order chi connectivity index (χ0) is 25.3. The largest absolute Gasteiger partial charge is 0.477 e. The Morgan fingerprint density at radius 2 is 1.94 bits per heavy atom. The van der Waals surface area contributed by atoms with Gasteiger partial charge >= 0.3 is 5.97 Å². The molecule has 1 aromatic heterocycles. The Labute approximate surface area is 200 Å². The molecule has 9 nitrogen and oxygen atoms in total. The molecule has 1 aliphatic heterocycles. The zero-order valence-corrected chi connectivity index (χ0v) is 19.3. The maximum atomic E-state index is 12.8. The van der Waals surface area contributed by atoms with Crippen molar-refractivity contribution in [3.8, 4) is 0 Å². The molecule has 0 aliphatic carbocycles. The molecule has 2 amide bonds. The molecule has 4 rings (SSSR count). The number of nitrogens with one attached hydrogen (secondary N) is 2. The maximum Gasteiger partial charge on any atom is 0.341 e. The van der Waals surface area contributed by atoms with Crippen LogP contribution in [0.1, 0.15) is 34.8 Å². The summed E-state index contributed by atoms with van der Waals surface area (Å²) in [4.78, 5) is 66.4. The van der Waals surface area contributed by atoms with E-state index in [0.717, 1.165) is 17.4 Å². The van der Waals surface area contributed by atoms with Crippen molar-refractivity contribution in [2.75, 3.05) is 11.4 Å². The monoisotopic (exact) mass is 475 g/mol. The van der Waals surface area contributed by atoms with E-state index in [1.807, 2.05) is 31.2 Å². The number of anilines is 1. The van der Waals surface area contributed by atoms with Crippen LogP contribution >= 0.6 is 0 Å². The molecule has 2 atom stereocenters. The molecule has 0 saturated carbocycles. The second-order valence-electron chi connectivity index (χ2n) is 8.76. The van der Waals surface area contributed by atoms with Crippen LogP contribution in [0.2, 0.25) is 0 Å². The summed E-state index contributed by atoms with van der Waals surface area (Å²) in [7, 11) is 0. The van der Waals surface area contributed by atoms with Crippen LogP contribution in [-0.2, 0) is 20.8 Å². The second kappa shape index (κ2) is 9.54. The van der Waals surface area contributed by atoms with Gasteiger partial charge in [-0.3, -0.25) is 19.2 Å². The number of carbonyl (C=O) groups excluding carboxylic acids is 3. The number of ketones is 1. The van der Waals surface area contributed by atoms with Gasteiger partial charge in [0.2, 0.25) is 17.2 Å². The molecule has 9 heteroatoms. The summed E-state index contributed by atoms with van der Waals surface area (Å²) in [5, 5.41) is 12.0. The van der Waals surface area contributed by atoms with Gasteiger partial charge in [0.1, 0.15) is 11.5 Å². The summed E-state index contributed by atoms with van der Waals surface area (Å²) in [5.41, 5.74) is 1.70. The highest BCUT2D eigenvalue weighted by Crippen LogP contribution is 2.26. The number of Topliss-reactive ketones (excluding diaryl/α,β-unsaturated/α-hetero) is 1. The van der Waals surface area contributed by atoms with Gasteiger partial charge < -0.3 is 20.3 Å². The molecule has 1 saturated heterocycles. The SMILES string of the molecule is Cc1cccc(N2CCC(C(=O)N[C@@H](C)C(=O)Cc3ccc4[nH]cc(C(=O)O)c(=O)c4c3)C2=O)c1. The van der Waals surface area contributed by atoms with Crippen molar-refractivity contribution in [3.05, 3.63) is 75.6 Å². The molecule has 35 heavy (non-hydrogen) atoms. The number of hydrogen-bond donors (Lipinski definition) is 3. The van der Waals surface area contributed by atoms with E-state index in [2.05, 4.69) is 10.3 Å². The number of rotatable bonds is 7. The third-order valence-corrected chi connectivity index (χ3v) is 6.23. The zero-order valence-electron chi connectivity index (χ0n) is 19.3. The number of hydrogen-bond acceptors (Lipinski definition) is 5. The first-order valence-electron chi connectivity index (χ1n) is 11.2. The normalized spacial score (nSPS) is 16.3. The number of aromatic carboxylic acids is 1. The molecule has 2 heterocycles. The Balaban J connectivity index is 1.42. The van der Waals surface area contributed by atoms with Gasteiger partial charge in [-0.25, -0.2) is 4.79 Å². The molecule has 3 aromatic rings. The van der Waals surface area contributed by atoms with Crippen molar-refractivity contribution < 1.29 is 24.3 Å². The van der Waals surface area contributed by atoms with Gasteiger partial charge in [0.15, 0.2) is 5.78 Å². The van der Waals surface area contributed by atoms with Crippen molar-refractivity contribution in [3.63, 3.8) is 0 Å². The van der Waals surface area contributed by atoms with E-state index in [1.165, 1.54) is 6.07 Å². The molecule has 0 spiro atoms. The van der Waals surface area contributed by atoms with E-state index in [-0.39, 0.29) is 29.1 Å². The van der Waals surface area contributed by atoms with Crippen LogP contribution in [0.3, 0.4) is 0 Å². The number of carboxylic acid groups (broad SMARTS) is 1. The van der Waals surface area contributed by atoms with Crippen LogP contribution in [0.4, 0.5) is 5.69 Å². The Kier molecular flexibility index (Phi) is 6.50. The number of H-pyrrole nitrogens is 1. The lowest BCUT2D eigenvalue weighted by Gasteiger charge is -2.18. The lowest BCUT2D eigenvalue weighted by molar-refractivity contribution is -0.134. The summed E-state index contributed by atoms with van der Waals surface area (Å²) in [6.07, 6.45) is 1.43. The topological polar surface area (TPSA) is 137 Å². The second-order valence-corrected chi connectivity index (χ2v) is 8.76. The molecule has 1 unspecified atom stereocenters. The number of amides is 2. The number of aromatic amines is 1. The summed E-state index contributed by atoms with van der Waals surface area (Å²) in [6.45, 7) is 3.90. The Morgan fingerprint density at radius 3 is 2.66 bits per heavy atom. The average Bonchev–Trinajstić information content (AvgIpc) is 3.20. The molecule has 1 aliphatic rings. The number of carbonyl (C=O) groups is 4. The van der Waals surface area contributed by atoms with Crippen LogP contribution in [0, 0.1) is 12.8 Å². The summed E-state index contributed by atoms with van der Waals surface area (Å²) in [6, 6.07) is 11.4. The van der Waals surface area contributed by atoms with Crippen LogP contribution in [0.25, 0.3) is 10.9 Å². The molecular weight excluding hydrogens is 450 g/mol. The minimum Gasteiger partial charge on any atom is -0.477 e. The maximum absolute atomic E-state index is 12.8. The van der Waals surface area contributed by atoms with E-state index >= 15 is 0 Å². The van der Waals surface area contributed by atoms with Crippen molar-refractivity contribution in [1.82, 2.24) is 10.3 Å². The number of carboxylic acids is 1. The number of aryl methyl sites for hydroxylation is 1. The first-order valence-corrected chi connectivity index (χ1v) is 11.2. The summed E-state index contributed by atoms with van der Waals surface area (Å²) in [5.74, 6) is -3.29. The first-order chi connectivity index (χ1) is 16.7. The number of pyridine rings is 1. The Hall–Kier alpha value is -4.27. The number of fused-ring (bicyclic) bond motifs is 1. The predicted molar refractivity (Wildman–Crippen MR) is 129 cm³/mol. The Morgan fingerprint density at radius 1 is 1.17 bits per heavy atom. The predicted octanol–water partition coefficient (Wildman–Crippen LogP) is 2.20. The minimum absolute atomic E-state index is 0.0673. The van der Waals surface area contributed by atoms with Gasteiger partial charge in [-0.15, -0.1) is 0 Å². The first kappa shape index (κ1) is 23.9. The molecule has 180 valence electrons. The molecule has 1 fully saturated rings. The van der Waals surface area contributed by atoms with Crippen molar-refractivity contribution in [2.24, 2.45) is 5.92 Å². The van der Waals surface area contributed by atoms with Gasteiger partial charge in [-0.2, -0.15) is 0 Å². The van der Waals surface area contributed by atoms with Crippen LogP contribution in [0.15, 0.2) is 53.5 Å². The quantitative estimate of drug-likeness (QED) is 0.448. The molecule has 3 N–H and O–H groups in total. The molecule has 2 aromatic carbocycles. The minimum atomic E-state index is -1.34. The van der Waals surface area contributed by atoms with Crippen molar-refractivity contribution in [2.45, 2.75) is 32.7 Å². The van der Waals surface area contributed by atoms with Gasteiger partial charge in [-0.05, 0) is 55.7 Å². The average molecular weight is 476 g/mol. The van der Waals surface area contributed by atoms with E-state index in [4.69, 9.17) is 5.11 Å². The standard InChI is InChI=1S/C26H25N3O6/c1-14-4-3-5-17(10-14)29-9-8-18(25(29)33)24(32)28-15(2)22(30)12-16-6-7-21-19(11-16)23(31)20(13-27-21)26(34)35/h3-7,10-11,13,15,18H,8-9,12H2,1-2H3,(H,27,31)(H,28,32)(H,34,35)/t15-,18?/m0/s1. The smallest absolute Gasteiger partial charge is 0.341 e. The third-order valence-electron chi connectivity index (χ3n) is 6.23. The lowest BCUT2D eigenvalue weighted by Crippen LogP contribution is -2.44. The number of nitrogens with zero attached hydrogens (tertiary/aromatic N) is 1. The summed E-state index contributed by atoms with van der Waals surface area (Å²) < 4.78 is 0. The number of benzene rings is 2. The van der Waals surface area contributed by atoms with E-state index in [9.17, 15) is 24.0 Å². The molecular formula is C26H25N3O6. The molecule has 0 radical (unpaired) electrons. The van der Waals surface area contributed by atoms with Gasteiger partial charge in [0.05, 0.1) is 6.04 Å². The van der Waals surface area contributed by atoms with Gasteiger partial charge in [0, 0.05) is 35.8 Å². The highest BCUT2D eigenvalue weighted by Gasteiger charge is 2.38. The van der Waals surface area contributed by atoms with Crippen LogP contribution in [-0.4, -0.2) is 46.2 Å². The lowest BCUT2D eigenvalue weighted by atomic mass is 10.0. The van der Waals surface area contributed by atoms with Crippen LogP contribution < -0.4 is 15.6 Å². The van der Waals surface area contributed by atoms with E-state index in [1.54, 1.807) is 24.0 Å². The highest BCUT2D eigenvalue weighted by molar-refractivity contribution is 6.10. The Bertz CT molecular complexity index is 1410. The fourth-order valence-electron chi connectivity index (χ4n) is 4.26. The fraction of sp³-hybridized carbons (Fsp3) is 0.269. The van der Waals surface area contributed by atoms with Crippen molar-refractivity contribution >= 4 is 40.2 Å². The highest BCUT2D eigenvalue weighted by atomic mass is 16.4. The third kappa shape index (κ3) is 4.84. The van der Waals surface area contributed by atoms with Crippen LogP contribution in [0.5, 0.6) is 0 Å². The van der Waals surface area contributed by atoms with Gasteiger partial charge in [-0.1, -0.05) is 18.2 Å². The fourth-order valence-corrected chi connectivity index (χ4v) is 4.26. The van der Waals surface area contributed by atoms with E-state index < -0.39 is 29.3 Å². The molecule has 0 bridgehead atoms. The van der Waals surface area contributed by atoms with Crippen molar-refractivity contribution in [1.29, 1.82) is 0 Å².